The van der Waals surface area contributed by atoms with Gasteiger partial charge < -0.3 is 14.8 Å². The van der Waals surface area contributed by atoms with Crippen LogP contribution in [0.3, 0.4) is 0 Å². The Morgan fingerprint density at radius 2 is 2.07 bits per heavy atom. The molecule has 0 amide bonds. The second-order valence-electron chi connectivity index (χ2n) is 4.45. The van der Waals surface area contributed by atoms with Crippen molar-refractivity contribution in [3.05, 3.63) is 0 Å². The van der Waals surface area contributed by atoms with E-state index in [9.17, 15) is 9.90 Å². The number of carboxylic acid groups (broad SMARTS) is 1. The Morgan fingerprint density at radius 1 is 1.47 bits per heavy atom. The standard InChI is InChI=1S/C11H22N2O2/c1-3-12(2)8-10-4-6-13(7-5-10)9-11(14)15/h10H,3-9H2,1-2H3,(H,14,15)/p-1. The molecule has 1 aliphatic rings. The van der Waals surface area contributed by atoms with E-state index >= 15 is 0 Å². The minimum atomic E-state index is -0.959. The quantitative estimate of drug-likeness (QED) is 0.612. The van der Waals surface area contributed by atoms with Crippen molar-refractivity contribution in [3.63, 3.8) is 0 Å². The maximum absolute atomic E-state index is 10.4. The van der Waals surface area contributed by atoms with E-state index in [2.05, 4.69) is 18.9 Å². The Kier molecular flexibility index (Phi) is 5.05. The van der Waals surface area contributed by atoms with Crippen LogP contribution in [0.4, 0.5) is 0 Å². The summed E-state index contributed by atoms with van der Waals surface area (Å²) in [6.45, 7) is 6.27. The fourth-order valence-electron chi connectivity index (χ4n) is 2.08. The molecule has 0 aliphatic carbocycles. The molecule has 4 nitrogen and oxygen atoms in total. The van der Waals surface area contributed by atoms with Crippen LogP contribution >= 0.6 is 0 Å². The molecule has 1 saturated heterocycles. The van der Waals surface area contributed by atoms with E-state index in [0.29, 0.717) is 0 Å². The highest BCUT2D eigenvalue weighted by molar-refractivity contribution is 5.66. The highest BCUT2D eigenvalue weighted by Gasteiger charge is 2.19. The molecular weight excluding hydrogens is 192 g/mol. The van der Waals surface area contributed by atoms with Gasteiger partial charge in [0, 0.05) is 13.1 Å². The van der Waals surface area contributed by atoms with Crippen LogP contribution in [-0.4, -0.2) is 55.5 Å². The first-order valence-electron chi connectivity index (χ1n) is 5.72. The van der Waals surface area contributed by atoms with Gasteiger partial charge in [0.15, 0.2) is 0 Å². The molecule has 1 fully saturated rings. The molecule has 1 aliphatic heterocycles. The number of carbonyl (C=O) groups is 1. The first kappa shape index (κ1) is 12.5. The molecule has 15 heavy (non-hydrogen) atoms. The molecule has 0 saturated carbocycles. The molecule has 0 radical (unpaired) electrons. The zero-order chi connectivity index (χ0) is 11.3. The average Bonchev–Trinajstić information content (AvgIpc) is 2.20. The first-order valence-corrected chi connectivity index (χ1v) is 5.72. The summed E-state index contributed by atoms with van der Waals surface area (Å²) in [5.41, 5.74) is 0. The number of aliphatic carboxylic acids is 1. The summed E-state index contributed by atoms with van der Waals surface area (Å²) in [6.07, 6.45) is 2.22. The smallest absolute Gasteiger partial charge is 0.0555 e. The van der Waals surface area contributed by atoms with Crippen LogP contribution in [0, 0.1) is 5.92 Å². The van der Waals surface area contributed by atoms with Gasteiger partial charge in [-0.25, -0.2) is 0 Å². The van der Waals surface area contributed by atoms with E-state index in [-0.39, 0.29) is 6.54 Å². The lowest BCUT2D eigenvalue weighted by Crippen LogP contribution is -2.43. The van der Waals surface area contributed by atoms with E-state index in [1.165, 1.54) is 0 Å². The molecule has 88 valence electrons. The summed E-state index contributed by atoms with van der Waals surface area (Å²) in [5.74, 6) is -0.230. The zero-order valence-electron chi connectivity index (χ0n) is 9.74. The van der Waals surface area contributed by atoms with Gasteiger partial charge in [-0.15, -0.1) is 0 Å². The summed E-state index contributed by atoms with van der Waals surface area (Å²) >= 11 is 0. The summed E-state index contributed by atoms with van der Waals surface area (Å²) in [6, 6.07) is 0. The van der Waals surface area contributed by atoms with Crippen LogP contribution in [0.1, 0.15) is 19.8 Å². The number of rotatable bonds is 5. The van der Waals surface area contributed by atoms with Gasteiger partial charge in [-0.1, -0.05) is 6.92 Å². The molecule has 0 bridgehead atoms. The van der Waals surface area contributed by atoms with Gasteiger partial charge in [-0.05, 0) is 45.4 Å². The first-order chi connectivity index (χ1) is 7.11. The number of nitrogens with zero attached hydrogens (tertiary/aromatic N) is 2. The van der Waals surface area contributed by atoms with Crippen LogP contribution in [0.25, 0.3) is 0 Å². The van der Waals surface area contributed by atoms with Crippen LogP contribution in [0.2, 0.25) is 0 Å². The molecule has 0 aromatic rings. The fourth-order valence-corrected chi connectivity index (χ4v) is 2.08. The molecule has 1 heterocycles. The molecular formula is C11H21N2O2-. The molecule has 0 aromatic heterocycles. The third-order valence-electron chi connectivity index (χ3n) is 3.17. The second kappa shape index (κ2) is 6.08. The van der Waals surface area contributed by atoms with Crippen LogP contribution in [0.15, 0.2) is 0 Å². The Balaban J connectivity index is 2.20. The summed E-state index contributed by atoms with van der Waals surface area (Å²) in [7, 11) is 2.13. The maximum Gasteiger partial charge on any atom is 0.0555 e. The van der Waals surface area contributed by atoms with Gasteiger partial charge in [0.25, 0.3) is 0 Å². The van der Waals surface area contributed by atoms with E-state index in [4.69, 9.17) is 0 Å². The van der Waals surface area contributed by atoms with Crippen molar-refractivity contribution in [2.75, 3.05) is 39.8 Å². The van der Waals surface area contributed by atoms with Crippen molar-refractivity contribution in [2.45, 2.75) is 19.8 Å². The lowest BCUT2D eigenvalue weighted by Gasteiger charge is -2.33. The normalized spacial score (nSPS) is 19.7. The summed E-state index contributed by atoms with van der Waals surface area (Å²) < 4.78 is 0. The van der Waals surface area contributed by atoms with Gasteiger partial charge in [0.2, 0.25) is 0 Å². The van der Waals surface area contributed by atoms with Crippen molar-refractivity contribution in [1.29, 1.82) is 0 Å². The number of piperidine rings is 1. The molecule has 0 atom stereocenters. The fraction of sp³-hybridized carbons (Fsp3) is 0.909. The van der Waals surface area contributed by atoms with E-state index in [1.807, 2.05) is 4.90 Å². The van der Waals surface area contributed by atoms with E-state index in [1.54, 1.807) is 0 Å². The van der Waals surface area contributed by atoms with Gasteiger partial charge in [0.1, 0.15) is 0 Å². The summed E-state index contributed by atoms with van der Waals surface area (Å²) in [4.78, 5) is 14.7. The Bertz CT molecular complexity index is 201. The summed E-state index contributed by atoms with van der Waals surface area (Å²) in [5, 5.41) is 10.4. The number of carbonyl (C=O) groups excluding carboxylic acids is 1. The molecule has 0 unspecified atom stereocenters. The van der Waals surface area contributed by atoms with Gasteiger partial charge in [-0.3, -0.25) is 4.90 Å². The van der Waals surface area contributed by atoms with Crippen molar-refractivity contribution in [1.82, 2.24) is 9.80 Å². The number of hydrogen-bond acceptors (Lipinski definition) is 4. The number of carboxylic acids is 1. The lowest BCUT2D eigenvalue weighted by atomic mass is 9.96. The number of likely N-dealkylation sites (tertiary alicyclic amines) is 1. The molecule has 0 N–H and O–H groups in total. The zero-order valence-corrected chi connectivity index (χ0v) is 9.74. The Hall–Kier alpha value is -0.610. The van der Waals surface area contributed by atoms with Gasteiger partial charge in [-0.2, -0.15) is 0 Å². The largest absolute Gasteiger partial charge is 0.549 e. The highest BCUT2D eigenvalue weighted by atomic mass is 16.4. The molecule has 1 rings (SSSR count). The second-order valence-corrected chi connectivity index (χ2v) is 4.45. The SMILES string of the molecule is CCN(C)CC1CCN(CC(=O)[O-])CC1. The minimum absolute atomic E-state index is 0.0936. The van der Waals surface area contributed by atoms with Crippen molar-refractivity contribution < 1.29 is 9.90 Å². The predicted octanol–water partition coefficient (Wildman–Crippen LogP) is -0.600. The van der Waals surface area contributed by atoms with Crippen molar-refractivity contribution >= 4 is 5.97 Å². The van der Waals surface area contributed by atoms with E-state index < -0.39 is 5.97 Å². The third-order valence-corrected chi connectivity index (χ3v) is 3.17. The topological polar surface area (TPSA) is 46.6 Å². The third kappa shape index (κ3) is 4.62. The predicted molar refractivity (Wildman–Crippen MR) is 57.3 cm³/mol. The Labute approximate surface area is 91.9 Å². The van der Waals surface area contributed by atoms with Crippen molar-refractivity contribution in [3.8, 4) is 0 Å². The number of hydrogen-bond donors (Lipinski definition) is 0. The highest BCUT2D eigenvalue weighted by Crippen LogP contribution is 2.17. The van der Waals surface area contributed by atoms with Gasteiger partial charge >= 0.3 is 0 Å². The van der Waals surface area contributed by atoms with Crippen molar-refractivity contribution in [2.24, 2.45) is 5.92 Å². The minimum Gasteiger partial charge on any atom is -0.549 e. The van der Waals surface area contributed by atoms with E-state index in [0.717, 1.165) is 44.9 Å². The monoisotopic (exact) mass is 213 g/mol. The molecule has 0 aromatic carbocycles. The lowest BCUT2D eigenvalue weighted by molar-refractivity contribution is -0.306. The van der Waals surface area contributed by atoms with Gasteiger partial charge in [0.05, 0.1) is 5.97 Å². The Morgan fingerprint density at radius 3 is 2.53 bits per heavy atom. The van der Waals surface area contributed by atoms with Crippen LogP contribution in [-0.2, 0) is 4.79 Å². The average molecular weight is 213 g/mol. The molecule has 4 heteroatoms. The van der Waals surface area contributed by atoms with Crippen LogP contribution in [0.5, 0.6) is 0 Å². The maximum atomic E-state index is 10.4. The molecule has 0 spiro atoms. The van der Waals surface area contributed by atoms with Crippen LogP contribution < -0.4 is 5.11 Å².